The van der Waals surface area contributed by atoms with E-state index >= 15 is 0 Å². The summed E-state index contributed by atoms with van der Waals surface area (Å²) in [4.78, 5) is 0. The Morgan fingerprint density at radius 2 is 0.388 bits per heavy atom. The van der Waals surface area contributed by atoms with Gasteiger partial charge in [-0.3, -0.25) is 0 Å². The lowest BCUT2D eigenvalue weighted by Crippen LogP contribution is -1.93. The van der Waals surface area contributed by atoms with Gasteiger partial charge >= 0.3 is 0 Å². The topological polar surface area (TPSA) is 39.4 Å². The van der Waals surface area contributed by atoms with E-state index in [-0.39, 0.29) is 143 Å². The fourth-order valence-electron chi connectivity index (χ4n) is 17.8. The Kier molecular flexibility index (Phi) is 12.2. The minimum Gasteiger partial charge on any atom is -0.456 e. The van der Waals surface area contributed by atoms with Crippen LogP contribution in [0.1, 0.15) is 32.9 Å². The number of furan rings is 3. The van der Waals surface area contributed by atoms with Crippen LogP contribution in [0.5, 0.6) is 0 Å². The van der Waals surface area contributed by atoms with E-state index in [0.717, 1.165) is 60.3 Å². The fourth-order valence-corrected chi connectivity index (χ4v) is 17.8. The first-order valence-electron chi connectivity index (χ1n) is 51.5. The van der Waals surface area contributed by atoms with Gasteiger partial charge in [0.1, 0.15) is 33.5 Å². The molecule has 0 bridgehead atoms. The maximum atomic E-state index is 9.47. The largest absolute Gasteiger partial charge is 0.456 e. The normalized spacial score (nSPS) is 14.4. The third kappa shape index (κ3) is 12.0. The summed E-state index contributed by atoms with van der Waals surface area (Å²) in [6.07, 6.45) is 0. The van der Waals surface area contributed by atoms with Gasteiger partial charge in [0.2, 0.25) is 0 Å². The lowest BCUT2D eigenvalue weighted by atomic mass is 9.83. The van der Waals surface area contributed by atoms with Crippen LogP contribution in [0.15, 0.2) is 462 Å². The highest BCUT2D eigenvalue weighted by Gasteiger charge is 2.26. The van der Waals surface area contributed by atoms with E-state index in [2.05, 4.69) is 12.1 Å². The van der Waals surface area contributed by atoms with E-state index in [1.807, 2.05) is 249 Å². The van der Waals surface area contributed by atoms with Crippen molar-refractivity contribution < 1.29 is 46.1 Å². The predicted molar refractivity (Wildman–Crippen MR) is 513 cm³/mol. The summed E-state index contributed by atoms with van der Waals surface area (Å²) in [5.74, 6) is 0. The van der Waals surface area contributed by atoms with Crippen molar-refractivity contribution in [3.05, 3.63) is 448 Å². The van der Waals surface area contributed by atoms with Crippen molar-refractivity contribution in [2.24, 2.45) is 0 Å². The molecule has 3 heterocycles. The molecule has 0 aliphatic heterocycles. The summed E-state index contributed by atoms with van der Waals surface area (Å²) < 4.78 is 236. The molecule has 0 saturated carbocycles. The van der Waals surface area contributed by atoms with Crippen molar-refractivity contribution in [2.75, 3.05) is 0 Å². The minimum atomic E-state index is -0.442. The summed E-state index contributed by atoms with van der Waals surface area (Å²) in [6.45, 7) is 0. The maximum absolute atomic E-state index is 9.47. The first-order chi connectivity index (χ1) is 70.0. The fraction of sp³-hybridized carbons (Fsp3) is 0. The van der Waals surface area contributed by atoms with Crippen LogP contribution in [0.3, 0.4) is 0 Å². The number of para-hydroxylation sites is 3. The second-order valence-electron chi connectivity index (χ2n) is 29.6. The Morgan fingerprint density at radius 3 is 0.719 bits per heavy atom. The average Bonchev–Trinajstić information content (AvgIpc) is 1.46. The molecule has 0 N–H and O–H groups in total. The second kappa shape index (κ2) is 29.7. The highest BCUT2D eigenvalue weighted by atomic mass is 16.3. The molecule has 3 heteroatoms. The van der Waals surface area contributed by atoms with Crippen LogP contribution in [-0.4, -0.2) is 0 Å². The van der Waals surface area contributed by atoms with Crippen LogP contribution < -0.4 is 0 Å². The molecule has 564 valence electrons. The molecule has 0 unspecified atom stereocenters. The number of hydrogen-bond donors (Lipinski definition) is 0. The molecule has 25 rings (SSSR count). The van der Waals surface area contributed by atoms with Crippen molar-refractivity contribution in [3.63, 3.8) is 0 Å². The van der Waals surface area contributed by atoms with E-state index in [9.17, 15) is 11.0 Å². The lowest BCUT2D eigenvalue weighted by Gasteiger charge is -2.20. The molecule has 0 amide bonds. The van der Waals surface area contributed by atoms with Crippen molar-refractivity contribution >= 4 is 141 Å². The van der Waals surface area contributed by atoms with E-state index in [1.54, 1.807) is 42.5 Å². The molecule has 0 aliphatic rings. The summed E-state index contributed by atoms with van der Waals surface area (Å²) in [7, 11) is 0. The van der Waals surface area contributed by atoms with Crippen LogP contribution >= 0.6 is 0 Å². The van der Waals surface area contributed by atoms with Gasteiger partial charge < -0.3 is 13.3 Å². The van der Waals surface area contributed by atoms with Crippen LogP contribution in [0.4, 0.5) is 0 Å². The summed E-state index contributed by atoms with van der Waals surface area (Å²) >= 11 is 0. The second-order valence-corrected chi connectivity index (χ2v) is 29.6. The van der Waals surface area contributed by atoms with Crippen LogP contribution in [0, 0.1) is 0 Å². The van der Waals surface area contributed by atoms with Crippen LogP contribution in [-0.2, 0) is 0 Å². The molecule has 25 aromatic rings. The number of hydrogen-bond acceptors (Lipinski definition) is 3. The average molecular weight is 1560 g/mol. The van der Waals surface area contributed by atoms with Crippen molar-refractivity contribution in [1.29, 1.82) is 0 Å². The highest BCUT2D eigenvalue weighted by molar-refractivity contribution is 6.30. The van der Waals surface area contributed by atoms with Gasteiger partial charge in [-0.15, -0.1) is 0 Å². The van der Waals surface area contributed by atoms with Crippen molar-refractivity contribution in [1.82, 2.24) is 0 Å². The third-order valence-electron chi connectivity index (χ3n) is 22.9. The quantitative estimate of drug-likeness (QED) is 0.135. The highest BCUT2D eigenvalue weighted by Crippen LogP contribution is 2.53. The Labute approximate surface area is 732 Å². The zero-order chi connectivity index (χ0) is 101. The first kappa shape index (κ1) is 49.9. The Hall–Kier alpha value is -15.9. The molecule has 3 nitrogen and oxygen atoms in total. The van der Waals surface area contributed by atoms with Gasteiger partial charge in [-0.25, -0.2) is 0 Å². The standard InChI is InChI=1S/C44H28O.C42H26O.C32H20O/c1-3-14-29(15-4-1)31-26-32(30-16-5-2-6-17-30)28-33(27-31)42-34-18-7-9-20-36(34)43(37-21-10-8-19-35(37)42)39-23-13-25-41-44(39)38-22-11-12-24-40(38)45-41;1-2-13-27(14-3-1)29-25-28-15-4-5-16-30(28)37(26-29)41-33-19-8-6-17-31(33)40(32-18-7-9-20-34(32)41)36-22-12-24-39-42(36)35-21-10-11-23-38(35)43-39;1-2-11-21(12-3-1)30-22-13-4-6-15-24(22)31(25-16-7-5-14-23(25)30)27-18-10-20-29-32(27)26-17-8-9-19-28(26)33-29/h1-28H;1-26H;1-20H/i7D,8D,9D,10D,18D,19D,20D,21D;6D,7D,8D,9D,17D,18D,19D,20D;4D,5D,6D,7D,13D,14D,15D,16D. The van der Waals surface area contributed by atoms with Gasteiger partial charge in [0.15, 0.2) is 0 Å². The molecule has 22 aromatic carbocycles. The third-order valence-corrected chi connectivity index (χ3v) is 22.9. The van der Waals surface area contributed by atoms with Gasteiger partial charge in [-0.05, 0) is 242 Å². The van der Waals surface area contributed by atoms with E-state index < -0.39 is 72.5 Å². The summed E-state index contributed by atoms with van der Waals surface area (Å²) in [5, 5.41) is 8.12. The van der Waals surface area contributed by atoms with Crippen molar-refractivity contribution in [2.45, 2.75) is 0 Å². The van der Waals surface area contributed by atoms with Crippen molar-refractivity contribution in [3.8, 4) is 100 Å². The maximum Gasteiger partial charge on any atom is 0.136 e. The molecule has 0 spiro atoms. The number of rotatable bonds is 9. The summed E-state index contributed by atoms with van der Waals surface area (Å²) in [5.41, 5.74) is 14.0. The van der Waals surface area contributed by atoms with E-state index in [0.29, 0.717) is 111 Å². The van der Waals surface area contributed by atoms with Gasteiger partial charge in [0, 0.05) is 32.3 Å². The van der Waals surface area contributed by atoms with E-state index in [4.69, 9.17) is 35.2 Å². The molecule has 3 aromatic heterocycles. The molecular formula is C118H74O3. The molecule has 0 radical (unpaired) electrons. The molecule has 121 heavy (non-hydrogen) atoms. The lowest BCUT2D eigenvalue weighted by molar-refractivity contribution is 0.668. The molecule has 0 atom stereocenters. The zero-order valence-corrected chi connectivity index (χ0v) is 64.1. The smallest absolute Gasteiger partial charge is 0.136 e. The zero-order valence-electron chi connectivity index (χ0n) is 88.1. The van der Waals surface area contributed by atoms with Gasteiger partial charge in [0.05, 0.1) is 32.9 Å². The predicted octanol–water partition coefficient (Wildman–Crippen LogP) is 33.8. The number of benzene rings is 22. The van der Waals surface area contributed by atoms with Gasteiger partial charge in [-0.2, -0.15) is 0 Å². The Balaban J connectivity index is 0.000000121. The number of fused-ring (bicyclic) bond motifs is 16. The van der Waals surface area contributed by atoms with Crippen LogP contribution in [0.2, 0.25) is 0 Å². The van der Waals surface area contributed by atoms with Gasteiger partial charge in [0.25, 0.3) is 0 Å². The Morgan fingerprint density at radius 1 is 0.149 bits per heavy atom. The van der Waals surface area contributed by atoms with Gasteiger partial charge in [-0.1, -0.05) is 382 Å². The first-order valence-corrected chi connectivity index (χ1v) is 39.5. The monoisotopic (exact) mass is 1560 g/mol. The summed E-state index contributed by atoms with van der Waals surface area (Å²) in [6, 6.07) is 86.0. The SMILES string of the molecule is [2H]c1c([2H])c([2H])c2c(-c3cccc4oc5ccccc5c34)c3c([2H])c([2H])c([2H])c([2H])c3c(-c3cc(-c4ccccc4)cc(-c4ccccc4)c3)c2c1[2H].[2H]c1c([2H])c([2H])c2c(-c3cccc4oc5ccccc5c34)c3c([2H])c([2H])c([2H])c([2H])c3c(-c3cc(-c4ccccc4)cc4ccccc34)c2c1[2H].[2H]c1c([2H])c([2H])c2c(-c3cccc4oc5ccccc5c34)c3c([2H])c([2H])c([2H])c([2H])c3c(-c3ccccc3)c2c1[2H]. The Bertz CT molecular complexity index is 9640. The molecular weight excluding hydrogens is 1470 g/mol. The van der Waals surface area contributed by atoms with Crippen LogP contribution in [0.25, 0.3) is 241 Å². The molecule has 0 saturated heterocycles. The van der Waals surface area contributed by atoms with E-state index in [1.165, 1.54) is 0 Å². The minimum absolute atomic E-state index is 0.160. The molecule has 0 fully saturated rings. The molecule has 0 aliphatic carbocycles.